The maximum Gasteiger partial charge on any atom is 0.119 e. The maximum absolute atomic E-state index is 5.43. The van der Waals surface area contributed by atoms with Crippen LogP contribution in [-0.2, 0) is 11.2 Å². The molecule has 84 valence electrons. The normalized spacial score (nSPS) is 10.3. The lowest BCUT2D eigenvalue weighted by Crippen LogP contribution is -1.99. The van der Waals surface area contributed by atoms with Gasteiger partial charge in [0.25, 0.3) is 0 Å². The Kier molecular flexibility index (Phi) is 5.86. The molecule has 0 fully saturated rings. The molecule has 0 heterocycles. The molecule has 1 rings (SSSR count). The minimum atomic E-state index is 0.721. The summed E-state index contributed by atoms with van der Waals surface area (Å²) in [6.45, 7) is 6.50. The van der Waals surface area contributed by atoms with Gasteiger partial charge in [0.15, 0.2) is 0 Å². The highest BCUT2D eigenvalue weighted by molar-refractivity contribution is 5.27. The van der Waals surface area contributed by atoms with Gasteiger partial charge in [0, 0.05) is 6.61 Å². The van der Waals surface area contributed by atoms with Crippen LogP contribution in [0.5, 0.6) is 5.75 Å². The molecule has 0 aliphatic rings. The predicted molar refractivity (Wildman–Crippen MR) is 62.4 cm³/mol. The standard InChI is InChI=1S/C13H20O2/c1-3-10-14-11-9-12-5-7-13(8-6-12)15-4-2/h5-8H,3-4,9-11H2,1-2H3. The fourth-order valence-electron chi connectivity index (χ4n) is 1.36. The average molecular weight is 208 g/mol. The Morgan fingerprint density at radius 1 is 1.00 bits per heavy atom. The van der Waals surface area contributed by atoms with Crippen molar-refractivity contribution in [2.24, 2.45) is 0 Å². The molecule has 1 aromatic rings. The maximum atomic E-state index is 5.43. The topological polar surface area (TPSA) is 18.5 Å². The monoisotopic (exact) mass is 208 g/mol. The smallest absolute Gasteiger partial charge is 0.119 e. The van der Waals surface area contributed by atoms with Gasteiger partial charge in [0.05, 0.1) is 13.2 Å². The summed E-state index contributed by atoms with van der Waals surface area (Å²) in [5.74, 6) is 0.940. The average Bonchev–Trinajstić information content (AvgIpc) is 2.27. The van der Waals surface area contributed by atoms with Crippen LogP contribution in [0.1, 0.15) is 25.8 Å². The van der Waals surface area contributed by atoms with Crippen LogP contribution in [0, 0.1) is 0 Å². The summed E-state index contributed by atoms with van der Waals surface area (Å²) in [5.41, 5.74) is 1.30. The van der Waals surface area contributed by atoms with E-state index in [1.807, 2.05) is 19.1 Å². The van der Waals surface area contributed by atoms with Gasteiger partial charge in [-0.2, -0.15) is 0 Å². The van der Waals surface area contributed by atoms with Crippen molar-refractivity contribution in [2.75, 3.05) is 19.8 Å². The van der Waals surface area contributed by atoms with Crippen LogP contribution in [0.4, 0.5) is 0 Å². The molecule has 0 bridgehead atoms. The number of hydrogen-bond donors (Lipinski definition) is 0. The summed E-state index contributed by atoms with van der Waals surface area (Å²) in [6.07, 6.45) is 2.07. The van der Waals surface area contributed by atoms with Crippen LogP contribution < -0.4 is 4.74 Å². The van der Waals surface area contributed by atoms with Crippen molar-refractivity contribution < 1.29 is 9.47 Å². The van der Waals surface area contributed by atoms with Crippen LogP contribution in [0.2, 0.25) is 0 Å². The van der Waals surface area contributed by atoms with Crippen molar-refractivity contribution in [3.05, 3.63) is 29.8 Å². The van der Waals surface area contributed by atoms with Crippen molar-refractivity contribution >= 4 is 0 Å². The van der Waals surface area contributed by atoms with Gasteiger partial charge in [-0.25, -0.2) is 0 Å². The molecule has 1 aromatic carbocycles. The van der Waals surface area contributed by atoms with Crippen LogP contribution in [0.15, 0.2) is 24.3 Å². The molecule has 15 heavy (non-hydrogen) atoms. The van der Waals surface area contributed by atoms with Crippen LogP contribution >= 0.6 is 0 Å². The number of ether oxygens (including phenoxy) is 2. The predicted octanol–water partition coefficient (Wildman–Crippen LogP) is 3.05. The second-order valence-corrected chi connectivity index (χ2v) is 3.44. The Labute approximate surface area is 92.2 Å². The van der Waals surface area contributed by atoms with Gasteiger partial charge in [-0.1, -0.05) is 19.1 Å². The molecular weight excluding hydrogens is 188 g/mol. The second kappa shape index (κ2) is 7.30. The second-order valence-electron chi connectivity index (χ2n) is 3.44. The van der Waals surface area contributed by atoms with Crippen LogP contribution in [0.3, 0.4) is 0 Å². The number of rotatable bonds is 7. The molecule has 0 unspecified atom stereocenters. The van der Waals surface area contributed by atoms with Crippen molar-refractivity contribution in [3.8, 4) is 5.75 Å². The minimum absolute atomic E-state index is 0.721. The molecule has 0 spiro atoms. The van der Waals surface area contributed by atoms with Crippen LogP contribution in [0.25, 0.3) is 0 Å². The summed E-state index contributed by atoms with van der Waals surface area (Å²) in [5, 5.41) is 0. The van der Waals surface area contributed by atoms with Gasteiger partial charge in [-0.15, -0.1) is 0 Å². The zero-order chi connectivity index (χ0) is 10.9. The van der Waals surface area contributed by atoms with Crippen LogP contribution in [-0.4, -0.2) is 19.8 Å². The molecular formula is C13H20O2. The lowest BCUT2D eigenvalue weighted by molar-refractivity contribution is 0.138. The first kappa shape index (κ1) is 12.1. The largest absolute Gasteiger partial charge is 0.494 e. The van der Waals surface area contributed by atoms with Crippen molar-refractivity contribution in [2.45, 2.75) is 26.7 Å². The quantitative estimate of drug-likeness (QED) is 0.641. The van der Waals surface area contributed by atoms with Gasteiger partial charge in [0.2, 0.25) is 0 Å². The molecule has 0 aliphatic carbocycles. The third-order valence-corrected chi connectivity index (χ3v) is 2.12. The van der Waals surface area contributed by atoms with E-state index in [2.05, 4.69) is 19.1 Å². The van der Waals surface area contributed by atoms with E-state index in [1.165, 1.54) is 5.56 Å². The van der Waals surface area contributed by atoms with E-state index < -0.39 is 0 Å². The van der Waals surface area contributed by atoms with E-state index in [0.717, 1.165) is 38.4 Å². The Hall–Kier alpha value is -1.02. The Balaban J connectivity index is 2.29. The van der Waals surface area contributed by atoms with E-state index in [4.69, 9.17) is 9.47 Å². The van der Waals surface area contributed by atoms with Crippen molar-refractivity contribution in [1.82, 2.24) is 0 Å². The zero-order valence-corrected chi connectivity index (χ0v) is 9.66. The number of hydrogen-bond acceptors (Lipinski definition) is 2. The first-order valence-electron chi connectivity index (χ1n) is 5.66. The van der Waals surface area contributed by atoms with Gasteiger partial charge in [-0.3, -0.25) is 0 Å². The van der Waals surface area contributed by atoms with E-state index >= 15 is 0 Å². The summed E-state index contributed by atoms with van der Waals surface area (Å²) >= 11 is 0. The highest BCUT2D eigenvalue weighted by atomic mass is 16.5. The molecule has 0 saturated heterocycles. The number of benzene rings is 1. The Bertz CT molecular complexity index is 254. The van der Waals surface area contributed by atoms with E-state index in [-0.39, 0.29) is 0 Å². The SMILES string of the molecule is CCCOCCc1ccc(OCC)cc1. The Morgan fingerprint density at radius 3 is 2.33 bits per heavy atom. The molecule has 2 nitrogen and oxygen atoms in total. The first-order valence-corrected chi connectivity index (χ1v) is 5.66. The Morgan fingerprint density at radius 2 is 1.73 bits per heavy atom. The molecule has 0 amide bonds. The molecule has 0 N–H and O–H groups in total. The van der Waals surface area contributed by atoms with Gasteiger partial charge >= 0.3 is 0 Å². The van der Waals surface area contributed by atoms with Gasteiger partial charge in [0.1, 0.15) is 5.75 Å². The third-order valence-electron chi connectivity index (χ3n) is 2.12. The van der Waals surface area contributed by atoms with E-state index in [9.17, 15) is 0 Å². The highest BCUT2D eigenvalue weighted by Crippen LogP contribution is 2.12. The van der Waals surface area contributed by atoms with Crippen molar-refractivity contribution in [3.63, 3.8) is 0 Å². The zero-order valence-electron chi connectivity index (χ0n) is 9.66. The van der Waals surface area contributed by atoms with E-state index in [0.29, 0.717) is 0 Å². The highest BCUT2D eigenvalue weighted by Gasteiger charge is 1.95. The minimum Gasteiger partial charge on any atom is -0.494 e. The summed E-state index contributed by atoms with van der Waals surface area (Å²) < 4.78 is 10.8. The van der Waals surface area contributed by atoms with E-state index in [1.54, 1.807) is 0 Å². The van der Waals surface area contributed by atoms with Gasteiger partial charge in [-0.05, 0) is 37.5 Å². The first-order chi connectivity index (χ1) is 7.36. The van der Waals surface area contributed by atoms with Crippen molar-refractivity contribution in [1.29, 1.82) is 0 Å². The fraction of sp³-hybridized carbons (Fsp3) is 0.538. The molecule has 0 atom stereocenters. The molecule has 0 aromatic heterocycles. The lowest BCUT2D eigenvalue weighted by Gasteiger charge is -2.05. The molecule has 0 aliphatic heterocycles. The fourth-order valence-corrected chi connectivity index (χ4v) is 1.36. The molecule has 2 heteroatoms. The summed E-state index contributed by atoms with van der Waals surface area (Å²) in [7, 11) is 0. The third kappa shape index (κ3) is 4.84. The van der Waals surface area contributed by atoms with Gasteiger partial charge < -0.3 is 9.47 Å². The molecule has 0 saturated carbocycles. The summed E-state index contributed by atoms with van der Waals surface area (Å²) in [4.78, 5) is 0. The summed E-state index contributed by atoms with van der Waals surface area (Å²) in [6, 6.07) is 8.22. The molecule has 0 radical (unpaired) electrons. The lowest BCUT2D eigenvalue weighted by atomic mass is 10.1.